The second-order valence-electron chi connectivity index (χ2n) is 3.13. The zero-order valence-electron chi connectivity index (χ0n) is 7.26. The van der Waals surface area contributed by atoms with Gasteiger partial charge >= 0.3 is 0 Å². The van der Waals surface area contributed by atoms with Crippen LogP contribution >= 0.6 is 0 Å². The molecule has 0 unspecified atom stereocenters. The summed E-state index contributed by atoms with van der Waals surface area (Å²) in [6.07, 6.45) is 1.76. The van der Waals surface area contributed by atoms with Crippen LogP contribution in [0.15, 0.2) is 18.3 Å². The highest BCUT2D eigenvalue weighted by atomic mass is 19.1. The van der Waals surface area contributed by atoms with Gasteiger partial charge < -0.3 is 10.1 Å². The van der Waals surface area contributed by atoms with E-state index in [1.807, 2.05) is 6.92 Å². The predicted molar refractivity (Wildman–Crippen MR) is 48.9 cm³/mol. The van der Waals surface area contributed by atoms with Gasteiger partial charge in [-0.1, -0.05) is 0 Å². The maximum Gasteiger partial charge on any atom is 0.147 e. The van der Waals surface area contributed by atoms with Gasteiger partial charge in [-0.25, -0.2) is 4.39 Å². The van der Waals surface area contributed by atoms with Crippen LogP contribution in [-0.2, 0) is 6.61 Å². The number of H-pyrrole nitrogens is 1. The van der Waals surface area contributed by atoms with Crippen LogP contribution < -0.4 is 0 Å². The largest absolute Gasteiger partial charge is 0.392 e. The molecule has 2 N–H and O–H groups in total. The van der Waals surface area contributed by atoms with Gasteiger partial charge in [0.2, 0.25) is 0 Å². The van der Waals surface area contributed by atoms with Gasteiger partial charge in [0.05, 0.1) is 12.1 Å². The summed E-state index contributed by atoms with van der Waals surface area (Å²) in [5.41, 5.74) is 2.10. The Kier molecular flexibility index (Phi) is 1.81. The van der Waals surface area contributed by atoms with Crippen molar-refractivity contribution < 1.29 is 9.50 Å². The molecular weight excluding hydrogens is 169 g/mol. The highest BCUT2D eigenvalue weighted by Crippen LogP contribution is 2.22. The number of halogens is 1. The van der Waals surface area contributed by atoms with Gasteiger partial charge in [0.25, 0.3) is 0 Å². The van der Waals surface area contributed by atoms with Gasteiger partial charge in [0.15, 0.2) is 0 Å². The Morgan fingerprint density at radius 1 is 1.46 bits per heavy atom. The van der Waals surface area contributed by atoms with E-state index >= 15 is 0 Å². The number of fused-ring (bicyclic) bond motifs is 1. The Morgan fingerprint density at radius 2 is 2.23 bits per heavy atom. The van der Waals surface area contributed by atoms with Crippen molar-refractivity contribution >= 4 is 10.9 Å². The molecule has 1 aromatic carbocycles. The first kappa shape index (κ1) is 8.26. The fraction of sp³-hybridized carbons (Fsp3) is 0.200. The molecule has 2 nitrogen and oxygen atoms in total. The molecule has 0 fully saturated rings. The molecule has 0 spiro atoms. The monoisotopic (exact) mass is 179 g/mol. The van der Waals surface area contributed by atoms with Gasteiger partial charge in [0.1, 0.15) is 5.82 Å². The molecule has 0 saturated carbocycles. The average Bonchev–Trinajstić information content (AvgIpc) is 2.48. The fourth-order valence-corrected chi connectivity index (χ4v) is 1.47. The average molecular weight is 179 g/mol. The molecule has 0 radical (unpaired) electrons. The summed E-state index contributed by atoms with van der Waals surface area (Å²) in [5.74, 6) is -0.311. The van der Waals surface area contributed by atoms with Crippen LogP contribution in [0.4, 0.5) is 4.39 Å². The summed E-state index contributed by atoms with van der Waals surface area (Å²) in [6, 6.07) is 3.14. The number of aryl methyl sites for hydroxylation is 1. The molecule has 2 aromatic rings. The van der Waals surface area contributed by atoms with Gasteiger partial charge in [-0.05, 0) is 30.2 Å². The van der Waals surface area contributed by atoms with Crippen LogP contribution in [-0.4, -0.2) is 10.1 Å². The van der Waals surface area contributed by atoms with Crippen molar-refractivity contribution in [1.29, 1.82) is 0 Å². The van der Waals surface area contributed by atoms with Crippen LogP contribution in [0.1, 0.15) is 11.1 Å². The van der Waals surface area contributed by atoms with E-state index in [1.54, 1.807) is 12.3 Å². The standard InChI is InChI=1S/C10H10FNO/c1-6-4-12-10-8(6)2-7(5-13)3-9(10)11/h2-4,12-13H,5H2,1H3. The van der Waals surface area contributed by atoms with Crippen molar-refractivity contribution in [3.05, 3.63) is 35.3 Å². The molecule has 1 heterocycles. The molecule has 0 aliphatic heterocycles. The Balaban J connectivity index is 2.80. The summed E-state index contributed by atoms with van der Waals surface area (Å²) >= 11 is 0. The second-order valence-corrected chi connectivity index (χ2v) is 3.13. The van der Waals surface area contributed by atoms with Crippen LogP contribution in [0.25, 0.3) is 10.9 Å². The van der Waals surface area contributed by atoms with Crippen molar-refractivity contribution in [2.45, 2.75) is 13.5 Å². The summed E-state index contributed by atoms with van der Waals surface area (Å²) in [6.45, 7) is 1.77. The minimum absolute atomic E-state index is 0.128. The third-order valence-electron chi connectivity index (χ3n) is 2.19. The summed E-state index contributed by atoms with van der Waals surface area (Å²) in [4.78, 5) is 2.85. The lowest BCUT2D eigenvalue weighted by Crippen LogP contribution is -1.86. The Hall–Kier alpha value is -1.35. The van der Waals surface area contributed by atoms with Gasteiger partial charge in [-0.3, -0.25) is 0 Å². The number of aromatic amines is 1. The summed E-state index contributed by atoms with van der Waals surface area (Å²) in [7, 11) is 0. The van der Waals surface area contributed by atoms with Crippen LogP contribution in [0.3, 0.4) is 0 Å². The zero-order valence-corrected chi connectivity index (χ0v) is 7.26. The molecule has 0 aliphatic carbocycles. The van der Waals surface area contributed by atoms with Crippen molar-refractivity contribution in [3.63, 3.8) is 0 Å². The smallest absolute Gasteiger partial charge is 0.147 e. The van der Waals surface area contributed by atoms with Crippen molar-refractivity contribution in [2.75, 3.05) is 0 Å². The van der Waals surface area contributed by atoms with E-state index < -0.39 is 0 Å². The Morgan fingerprint density at radius 3 is 2.92 bits per heavy atom. The Bertz CT molecular complexity index is 447. The first-order valence-electron chi connectivity index (χ1n) is 4.09. The van der Waals surface area contributed by atoms with E-state index in [0.717, 1.165) is 10.9 Å². The molecular formula is C10H10FNO. The van der Waals surface area contributed by atoms with E-state index in [9.17, 15) is 4.39 Å². The summed E-state index contributed by atoms with van der Waals surface area (Å²) < 4.78 is 13.3. The molecule has 68 valence electrons. The number of hydrogen-bond donors (Lipinski definition) is 2. The number of aromatic nitrogens is 1. The quantitative estimate of drug-likeness (QED) is 0.691. The van der Waals surface area contributed by atoms with E-state index in [4.69, 9.17) is 5.11 Å². The predicted octanol–water partition coefficient (Wildman–Crippen LogP) is 2.11. The molecule has 0 amide bonds. The number of nitrogens with one attached hydrogen (secondary N) is 1. The third kappa shape index (κ3) is 1.21. The normalized spacial score (nSPS) is 11.0. The number of hydrogen-bond acceptors (Lipinski definition) is 1. The minimum Gasteiger partial charge on any atom is -0.392 e. The maximum atomic E-state index is 13.3. The maximum absolute atomic E-state index is 13.3. The molecule has 0 atom stereocenters. The molecule has 13 heavy (non-hydrogen) atoms. The van der Waals surface area contributed by atoms with Gasteiger partial charge in [-0.15, -0.1) is 0 Å². The number of benzene rings is 1. The number of aliphatic hydroxyl groups excluding tert-OH is 1. The zero-order chi connectivity index (χ0) is 9.42. The van der Waals surface area contributed by atoms with E-state index in [2.05, 4.69) is 4.98 Å². The molecule has 0 aliphatic rings. The molecule has 0 saturated heterocycles. The number of rotatable bonds is 1. The second kappa shape index (κ2) is 2.85. The Labute approximate surface area is 75.0 Å². The fourth-order valence-electron chi connectivity index (χ4n) is 1.47. The summed E-state index contributed by atoms with van der Waals surface area (Å²) in [5, 5.41) is 9.71. The van der Waals surface area contributed by atoms with Crippen LogP contribution in [0.2, 0.25) is 0 Å². The van der Waals surface area contributed by atoms with Crippen molar-refractivity contribution in [3.8, 4) is 0 Å². The molecule has 3 heteroatoms. The molecule has 0 bridgehead atoms. The minimum atomic E-state index is -0.311. The molecule has 1 aromatic heterocycles. The van der Waals surface area contributed by atoms with Crippen LogP contribution in [0, 0.1) is 12.7 Å². The topological polar surface area (TPSA) is 36.0 Å². The number of aliphatic hydroxyl groups is 1. The lowest BCUT2D eigenvalue weighted by molar-refractivity contribution is 0.281. The highest BCUT2D eigenvalue weighted by molar-refractivity contribution is 5.84. The lowest BCUT2D eigenvalue weighted by Gasteiger charge is -1.98. The van der Waals surface area contributed by atoms with Crippen molar-refractivity contribution in [2.24, 2.45) is 0 Å². The van der Waals surface area contributed by atoms with E-state index in [0.29, 0.717) is 11.1 Å². The van der Waals surface area contributed by atoms with Gasteiger partial charge in [0, 0.05) is 11.6 Å². The van der Waals surface area contributed by atoms with Gasteiger partial charge in [-0.2, -0.15) is 0 Å². The highest BCUT2D eigenvalue weighted by Gasteiger charge is 2.06. The van der Waals surface area contributed by atoms with Crippen molar-refractivity contribution in [1.82, 2.24) is 4.98 Å². The lowest BCUT2D eigenvalue weighted by atomic mass is 10.1. The van der Waals surface area contributed by atoms with E-state index in [-0.39, 0.29) is 12.4 Å². The van der Waals surface area contributed by atoms with E-state index in [1.165, 1.54) is 6.07 Å². The first-order valence-corrected chi connectivity index (χ1v) is 4.09. The van der Waals surface area contributed by atoms with Crippen LogP contribution in [0.5, 0.6) is 0 Å². The molecule has 2 rings (SSSR count). The third-order valence-corrected chi connectivity index (χ3v) is 2.19. The first-order chi connectivity index (χ1) is 6.22. The SMILES string of the molecule is Cc1c[nH]c2c(F)cc(CO)cc12.